The number of halogens is 1. The number of methoxy groups -OCH3 is 1. The molecule has 0 radical (unpaired) electrons. The lowest BCUT2D eigenvalue weighted by Crippen LogP contribution is -2.33. The van der Waals surface area contributed by atoms with Crippen LogP contribution in [0, 0.1) is 6.92 Å². The molecule has 7 nitrogen and oxygen atoms in total. The molecule has 0 spiro atoms. The summed E-state index contributed by atoms with van der Waals surface area (Å²) in [6.07, 6.45) is 1.69. The molecule has 30 heavy (non-hydrogen) atoms. The number of nitrogens with zero attached hydrogens (tertiary/aromatic N) is 1. The van der Waals surface area contributed by atoms with Crippen molar-refractivity contribution >= 4 is 33.2 Å². The first-order valence-electron chi connectivity index (χ1n) is 9.48. The fourth-order valence-corrected chi connectivity index (χ4v) is 4.00. The first-order valence-corrected chi connectivity index (χ1v) is 11.7. The first-order chi connectivity index (χ1) is 14.2. The number of sulfonamides is 1. The number of carbonyl (C=O) groups is 1. The molecule has 0 heterocycles. The van der Waals surface area contributed by atoms with Crippen LogP contribution in [-0.4, -0.2) is 47.4 Å². The second-order valence-corrected chi connectivity index (χ2v) is 9.06. The molecule has 0 bridgehead atoms. The van der Waals surface area contributed by atoms with Crippen molar-refractivity contribution in [1.29, 1.82) is 0 Å². The maximum Gasteiger partial charge on any atom is 0.232 e. The number of anilines is 1. The minimum absolute atomic E-state index is 0.169. The van der Waals surface area contributed by atoms with Crippen LogP contribution in [0.15, 0.2) is 42.5 Å². The zero-order valence-electron chi connectivity index (χ0n) is 17.4. The second-order valence-electron chi connectivity index (χ2n) is 6.74. The zero-order chi connectivity index (χ0) is 22.1. The maximum atomic E-state index is 12.3. The molecule has 2 rings (SSSR count). The van der Waals surface area contributed by atoms with Gasteiger partial charge in [-0.25, -0.2) is 8.42 Å². The number of rotatable bonds is 11. The highest BCUT2D eigenvalue weighted by molar-refractivity contribution is 7.92. The van der Waals surface area contributed by atoms with Gasteiger partial charge in [-0.05, 0) is 43.2 Å². The molecular formula is C21H27ClN2O5S. The Balaban J connectivity index is 1.84. The Labute approximate surface area is 183 Å². The highest BCUT2D eigenvalue weighted by Gasteiger charge is 2.21. The van der Waals surface area contributed by atoms with Crippen molar-refractivity contribution in [1.82, 2.24) is 5.32 Å². The van der Waals surface area contributed by atoms with Crippen LogP contribution in [0.4, 0.5) is 5.69 Å². The number of amides is 1. The van der Waals surface area contributed by atoms with Crippen LogP contribution in [-0.2, 0) is 14.8 Å². The fourth-order valence-electron chi connectivity index (χ4n) is 2.84. The fraction of sp³-hybridized carbons (Fsp3) is 0.381. The zero-order valence-corrected chi connectivity index (χ0v) is 18.9. The van der Waals surface area contributed by atoms with Gasteiger partial charge in [0.1, 0.15) is 18.1 Å². The minimum atomic E-state index is -3.53. The SMILES string of the molecule is COc1ccc(C)cc1N(CCCC(=O)NCCOc1ccccc1Cl)S(C)(=O)=O. The monoisotopic (exact) mass is 454 g/mol. The Bertz CT molecular complexity index is 966. The van der Waals surface area contributed by atoms with Gasteiger partial charge in [0.15, 0.2) is 0 Å². The summed E-state index contributed by atoms with van der Waals surface area (Å²) in [5.41, 5.74) is 1.38. The van der Waals surface area contributed by atoms with E-state index < -0.39 is 10.0 Å². The largest absolute Gasteiger partial charge is 0.495 e. The summed E-state index contributed by atoms with van der Waals surface area (Å²) in [6, 6.07) is 12.4. The molecule has 0 saturated heterocycles. The Morgan fingerprint density at radius 1 is 1.17 bits per heavy atom. The standard InChI is InChI=1S/C21H27ClN2O5S/c1-16-10-11-20(28-2)18(15-16)24(30(3,26)27)13-6-9-21(25)23-12-14-29-19-8-5-4-7-17(19)22/h4-5,7-8,10-11,15H,6,9,12-14H2,1-3H3,(H,23,25). The highest BCUT2D eigenvalue weighted by atomic mass is 35.5. The molecule has 1 amide bonds. The van der Waals surface area contributed by atoms with E-state index in [2.05, 4.69) is 5.32 Å². The van der Waals surface area contributed by atoms with E-state index in [4.69, 9.17) is 21.1 Å². The quantitative estimate of drug-likeness (QED) is 0.526. The molecule has 9 heteroatoms. The van der Waals surface area contributed by atoms with Crippen LogP contribution in [0.25, 0.3) is 0 Å². The molecule has 2 aromatic carbocycles. The minimum Gasteiger partial charge on any atom is -0.495 e. The molecule has 0 unspecified atom stereocenters. The summed E-state index contributed by atoms with van der Waals surface area (Å²) < 4.78 is 36.7. The van der Waals surface area contributed by atoms with Crippen molar-refractivity contribution < 1.29 is 22.7 Å². The summed E-state index contributed by atoms with van der Waals surface area (Å²) in [6.45, 7) is 2.65. The van der Waals surface area contributed by atoms with E-state index in [-0.39, 0.29) is 25.5 Å². The van der Waals surface area contributed by atoms with Crippen molar-refractivity contribution in [2.45, 2.75) is 19.8 Å². The van der Waals surface area contributed by atoms with Gasteiger partial charge in [0.05, 0.1) is 30.6 Å². The first kappa shape index (κ1) is 23.8. The van der Waals surface area contributed by atoms with E-state index in [0.717, 1.165) is 11.8 Å². The van der Waals surface area contributed by atoms with E-state index in [1.54, 1.807) is 24.3 Å². The summed E-state index contributed by atoms with van der Waals surface area (Å²) in [5, 5.41) is 3.27. The Kier molecular flexibility index (Phi) is 8.80. The van der Waals surface area contributed by atoms with Crippen LogP contribution in [0.1, 0.15) is 18.4 Å². The Morgan fingerprint density at radius 3 is 2.57 bits per heavy atom. The van der Waals surface area contributed by atoms with Gasteiger partial charge in [0, 0.05) is 13.0 Å². The third-order valence-electron chi connectivity index (χ3n) is 4.29. The third kappa shape index (κ3) is 7.11. The van der Waals surface area contributed by atoms with Crippen molar-refractivity contribution in [3.05, 3.63) is 53.1 Å². The molecule has 0 aliphatic rings. The number of benzene rings is 2. The van der Waals surface area contributed by atoms with Gasteiger partial charge in [-0.1, -0.05) is 29.8 Å². The van der Waals surface area contributed by atoms with E-state index >= 15 is 0 Å². The van der Waals surface area contributed by atoms with Gasteiger partial charge in [-0.3, -0.25) is 9.10 Å². The van der Waals surface area contributed by atoms with Crippen LogP contribution in [0.5, 0.6) is 11.5 Å². The molecule has 0 fully saturated rings. The van der Waals surface area contributed by atoms with Crippen molar-refractivity contribution in [2.24, 2.45) is 0 Å². The predicted molar refractivity (Wildman–Crippen MR) is 119 cm³/mol. The molecule has 0 atom stereocenters. The summed E-state index contributed by atoms with van der Waals surface area (Å²) >= 11 is 6.01. The average molecular weight is 455 g/mol. The van der Waals surface area contributed by atoms with E-state index in [9.17, 15) is 13.2 Å². The van der Waals surface area contributed by atoms with Gasteiger partial charge in [-0.2, -0.15) is 0 Å². The summed E-state index contributed by atoms with van der Waals surface area (Å²) in [7, 11) is -2.04. The molecular weight excluding hydrogens is 428 g/mol. The smallest absolute Gasteiger partial charge is 0.232 e. The number of hydrogen-bond donors (Lipinski definition) is 1. The van der Waals surface area contributed by atoms with E-state index in [1.807, 2.05) is 25.1 Å². The maximum absolute atomic E-state index is 12.3. The van der Waals surface area contributed by atoms with E-state index in [1.165, 1.54) is 11.4 Å². The lowest BCUT2D eigenvalue weighted by atomic mass is 10.2. The lowest BCUT2D eigenvalue weighted by molar-refractivity contribution is -0.121. The van der Waals surface area contributed by atoms with Crippen LogP contribution in [0.2, 0.25) is 5.02 Å². The number of nitrogens with one attached hydrogen (secondary N) is 1. The van der Waals surface area contributed by atoms with Gasteiger partial charge in [0.25, 0.3) is 0 Å². The van der Waals surface area contributed by atoms with Crippen LogP contribution < -0.4 is 19.1 Å². The summed E-state index contributed by atoms with van der Waals surface area (Å²) in [4.78, 5) is 12.1. The molecule has 0 aromatic heterocycles. The number of carbonyl (C=O) groups excluding carboxylic acids is 1. The molecule has 164 valence electrons. The predicted octanol–water partition coefficient (Wildman–Crippen LogP) is 3.40. The molecule has 0 aliphatic heterocycles. The number of para-hydroxylation sites is 1. The van der Waals surface area contributed by atoms with Crippen molar-refractivity contribution in [2.75, 3.05) is 37.4 Å². The van der Waals surface area contributed by atoms with Crippen LogP contribution in [0.3, 0.4) is 0 Å². The summed E-state index contributed by atoms with van der Waals surface area (Å²) in [5.74, 6) is 0.846. The molecule has 0 aliphatic carbocycles. The third-order valence-corrected chi connectivity index (χ3v) is 5.78. The van der Waals surface area contributed by atoms with Crippen molar-refractivity contribution in [3.8, 4) is 11.5 Å². The van der Waals surface area contributed by atoms with Crippen molar-refractivity contribution in [3.63, 3.8) is 0 Å². The lowest BCUT2D eigenvalue weighted by Gasteiger charge is -2.24. The topological polar surface area (TPSA) is 84.9 Å². The van der Waals surface area contributed by atoms with Gasteiger partial charge >= 0.3 is 0 Å². The second kappa shape index (κ2) is 11.1. The number of aryl methyl sites for hydroxylation is 1. The number of hydrogen-bond acceptors (Lipinski definition) is 5. The highest BCUT2D eigenvalue weighted by Crippen LogP contribution is 2.31. The van der Waals surface area contributed by atoms with Crippen LogP contribution >= 0.6 is 11.6 Å². The van der Waals surface area contributed by atoms with Gasteiger partial charge < -0.3 is 14.8 Å². The normalized spacial score (nSPS) is 11.1. The molecule has 0 saturated carbocycles. The molecule has 2 aromatic rings. The van der Waals surface area contributed by atoms with E-state index in [0.29, 0.717) is 35.2 Å². The average Bonchev–Trinajstić information content (AvgIpc) is 2.69. The molecule has 1 N–H and O–H groups in total. The Hall–Kier alpha value is -2.45. The van der Waals surface area contributed by atoms with Gasteiger partial charge in [0.2, 0.25) is 15.9 Å². The van der Waals surface area contributed by atoms with Gasteiger partial charge in [-0.15, -0.1) is 0 Å². The Morgan fingerprint density at radius 2 is 1.90 bits per heavy atom. The number of ether oxygens (including phenoxy) is 2.